The molecule has 2 saturated heterocycles. The number of carbonyl (C=O) groups is 1. The molecule has 31 heavy (non-hydrogen) atoms. The second-order valence-corrected chi connectivity index (χ2v) is 7.95. The van der Waals surface area contributed by atoms with Gasteiger partial charge in [-0.1, -0.05) is 13.5 Å². The standard InChI is InChI=1S/C19H34N2O10/c1-8(2)17(27)21-5-4-20-6-10-16(13(24)14(25)18(28)29-10)31-19-15(26)12(23)9(3)11(7-22)30-19/h9-16,18-20,22-26,28H,1,4-7H2,2-3H3,(H,21,27)/t9-,10-,11-,12+,13-,14-,15-,16-,18+,19-/m1/s1. The second-order valence-electron chi connectivity index (χ2n) is 7.95. The maximum Gasteiger partial charge on any atom is 0.246 e. The van der Waals surface area contributed by atoms with Gasteiger partial charge in [-0.3, -0.25) is 4.79 Å². The predicted octanol–water partition coefficient (Wildman–Crippen LogP) is -3.83. The minimum Gasteiger partial charge on any atom is -0.394 e. The van der Waals surface area contributed by atoms with Gasteiger partial charge in [0.05, 0.1) is 18.8 Å². The molecular weight excluding hydrogens is 416 g/mol. The van der Waals surface area contributed by atoms with Crippen molar-refractivity contribution in [1.29, 1.82) is 0 Å². The quantitative estimate of drug-likeness (QED) is 0.127. The fourth-order valence-electron chi connectivity index (χ4n) is 3.46. The highest BCUT2D eigenvalue weighted by atomic mass is 16.7. The number of rotatable bonds is 9. The Bertz CT molecular complexity index is 606. The van der Waals surface area contributed by atoms with Crippen molar-refractivity contribution < 1.29 is 49.6 Å². The van der Waals surface area contributed by atoms with E-state index >= 15 is 0 Å². The van der Waals surface area contributed by atoms with Gasteiger partial charge < -0.3 is 55.5 Å². The number of hydrogen-bond acceptors (Lipinski definition) is 11. The first-order chi connectivity index (χ1) is 14.6. The highest BCUT2D eigenvalue weighted by Gasteiger charge is 2.49. The van der Waals surface area contributed by atoms with E-state index in [4.69, 9.17) is 14.2 Å². The fourth-order valence-corrected chi connectivity index (χ4v) is 3.46. The summed E-state index contributed by atoms with van der Waals surface area (Å²) in [5.74, 6) is -0.854. The van der Waals surface area contributed by atoms with Gasteiger partial charge in [0, 0.05) is 31.1 Å². The molecule has 0 unspecified atom stereocenters. The highest BCUT2D eigenvalue weighted by molar-refractivity contribution is 5.92. The summed E-state index contributed by atoms with van der Waals surface area (Å²) in [5, 5.41) is 65.8. The van der Waals surface area contributed by atoms with Crippen LogP contribution in [0.3, 0.4) is 0 Å². The molecule has 2 heterocycles. The van der Waals surface area contributed by atoms with Gasteiger partial charge in [0.2, 0.25) is 5.91 Å². The van der Waals surface area contributed by atoms with Crippen LogP contribution in [0.4, 0.5) is 0 Å². The zero-order valence-electron chi connectivity index (χ0n) is 17.6. The van der Waals surface area contributed by atoms with Gasteiger partial charge in [0.15, 0.2) is 12.6 Å². The molecule has 12 heteroatoms. The number of nitrogens with one attached hydrogen (secondary N) is 2. The van der Waals surface area contributed by atoms with Crippen molar-refractivity contribution in [2.75, 3.05) is 26.2 Å². The molecule has 0 bridgehead atoms. The number of amides is 1. The largest absolute Gasteiger partial charge is 0.394 e. The molecule has 0 aromatic rings. The van der Waals surface area contributed by atoms with E-state index in [1.165, 1.54) is 0 Å². The Morgan fingerprint density at radius 1 is 1.00 bits per heavy atom. The number of carbonyl (C=O) groups excluding carboxylic acids is 1. The Hall–Kier alpha value is -1.19. The number of hydrogen-bond donors (Lipinski definition) is 8. The summed E-state index contributed by atoms with van der Waals surface area (Å²) in [7, 11) is 0. The van der Waals surface area contributed by atoms with E-state index in [1.54, 1.807) is 13.8 Å². The van der Waals surface area contributed by atoms with Crippen molar-refractivity contribution in [3.8, 4) is 0 Å². The fraction of sp³-hybridized carbons (Fsp3) is 0.842. The van der Waals surface area contributed by atoms with Crippen LogP contribution in [0.25, 0.3) is 0 Å². The number of ether oxygens (including phenoxy) is 3. The van der Waals surface area contributed by atoms with Crippen LogP contribution in [0.5, 0.6) is 0 Å². The summed E-state index contributed by atoms with van der Waals surface area (Å²) in [6, 6.07) is 0. The summed E-state index contributed by atoms with van der Waals surface area (Å²) >= 11 is 0. The van der Waals surface area contributed by atoms with E-state index in [0.717, 1.165) is 0 Å². The third kappa shape index (κ3) is 6.42. The minimum absolute atomic E-state index is 0.0552. The van der Waals surface area contributed by atoms with Gasteiger partial charge >= 0.3 is 0 Å². The Kier molecular flexibility index (Phi) is 9.76. The molecular formula is C19H34N2O10. The predicted molar refractivity (Wildman–Crippen MR) is 105 cm³/mol. The molecule has 0 aromatic carbocycles. The van der Waals surface area contributed by atoms with E-state index < -0.39 is 67.8 Å². The Labute approximate surface area is 180 Å². The maximum absolute atomic E-state index is 11.5. The SMILES string of the molecule is C=C(C)C(=O)NCCNC[C@H]1O[C@H](O)[C@H](O)[C@@H](O)[C@@H]1O[C@H]1O[C@H](CO)[C@@H](C)[C@H](O)[C@H]1O. The third-order valence-electron chi connectivity index (χ3n) is 5.51. The smallest absolute Gasteiger partial charge is 0.246 e. The first-order valence-electron chi connectivity index (χ1n) is 10.2. The summed E-state index contributed by atoms with van der Waals surface area (Å²) in [5.41, 5.74) is 0.369. The van der Waals surface area contributed by atoms with Crippen LogP contribution in [-0.4, -0.2) is 118 Å². The van der Waals surface area contributed by atoms with Gasteiger partial charge in [-0.15, -0.1) is 0 Å². The van der Waals surface area contributed by atoms with Crippen LogP contribution >= 0.6 is 0 Å². The van der Waals surface area contributed by atoms with Crippen LogP contribution in [0.1, 0.15) is 13.8 Å². The first-order valence-corrected chi connectivity index (χ1v) is 10.2. The molecule has 0 saturated carbocycles. The molecule has 12 nitrogen and oxygen atoms in total. The van der Waals surface area contributed by atoms with Gasteiger partial charge in [0.25, 0.3) is 0 Å². The van der Waals surface area contributed by atoms with Crippen molar-refractivity contribution in [2.45, 2.75) is 69.2 Å². The lowest BCUT2D eigenvalue weighted by Gasteiger charge is -2.46. The summed E-state index contributed by atoms with van der Waals surface area (Å²) in [4.78, 5) is 11.5. The van der Waals surface area contributed by atoms with Gasteiger partial charge in [0.1, 0.15) is 30.5 Å². The normalized spacial score (nSPS) is 41.0. The monoisotopic (exact) mass is 450 g/mol. The van der Waals surface area contributed by atoms with E-state index in [-0.39, 0.29) is 19.0 Å². The molecule has 0 radical (unpaired) electrons. The average Bonchev–Trinajstić information content (AvgIpc) is 2.73. The van der Waals surface area contributed by atoms with Crippen molar-refractivity contribution in [3.63, 3.8) is 0 Å². The van der Waals surface area contributed by atoms with Crippen LogP contribution < -0.4 is 10.6 Å². The van der Waals surface area contributed by atoms with Crippen LogP contribution in [-0.2, 0) is 19.0 Å². The molecule has 180 valence electrons. The van der Waals surface area contributed by atoms with E-state index in [0.29, 0.717) is 12.1 Å². The first kappa shape index (κ1) is 26.1. The lowest BCUT2D eigenvalue weighted by Crippen LogP contribution is -2.64. The molecule has 0 spiro atoms. The maximum atomic E-state index is 11.5. The second kappa shape index (κ2) is 11.6. The zero-order chi connectivity index (χ0) is 23.3. The molecule has 2 aliphatic rings. The third-order valence-corrected chi connectivity index (χ3v) is 5.51. The highest BCUT2D eigenvalue weighted by Crippen LogP contribution is 2.30. The Morgan fingerprint density at radius 2 is 1.68 bits per heavy atom. The Balaban J connectivity index is 1.99. The molecule has 1 amide bonds. The molecule has 0 aliphatic carbocycles. The zero-order valence-corrected chi connectivity index (χ0v) is 17.6. The van der Waals surface area contributed by atoms with E-state index in [1.807, 2.05) is 0 Å². The molecule has 2 rings (SSSR count). The van der Waals surface area contributed by atoms with Gasteiger partial charge in [-0.2, -0.15) is 0 Å². The molecule has 2 fully saturated rings. The van der Waals surface area contributed by atoms with E-state index in [2.05, 4.69) is 17.2 Å². The number of aliphatic hydroxyl groups excluding tert-OH is 6. The molecule has 2 aliphatic heterocycles. The van der Waals surface area contributed by atoms with Crippen LogP contribution in [0.2, 0.25) is 0 Å². The Morgan fingerprint density at radius 3 is 2.29 bits per heavy atom. The number of aliphatic hydroxyl groups is 6. The summed E-state index contributed by atoms with van der Waals surface area (Å²) in [6.07, 6.45) is -12.1. The van der Waals surface area contributed by atoms with Crippen molar-refractivity contribution in [1.82, 2.24) is 10.6 Å². The topological polar surface area (TPSA) is 190 Å². The summed E-state index contributed by atoms with van der Waals surface area (Å²) < 4.78 is 16.5. The van der Waals surface area contributed by atoms with Crippen molar-refractivity contribution in [3.05, 3.63) is 12.2 Å². The average molecular weight is 450 g/mol. The molecule has 10 atom stereocenters. The van der Waals surface area contributed by atoms with Crippen molar-refractivity contribution >= 4 is 5.91 Å². The minimum atomic E-state index is -1.67. The van der Waals surface area contributed by atoms with E-state index in [9.17, 15) is 35.4 Å². The summed E-state index contributed by atoms with van der Waals surface area (Å²) in [6.45, 7) is 6.95. The van der Waals surface area contributed by atoms with Crippen LogP contribution in [0, 0.1) is 5.92 Å². The molecule has 0 aromatic heterocycles. The molecule has 8 N–H and O–H groups in total. The van der Waals surface area contributed by atoms with Crippen molar-refractivity contribution in [2.24, 2.45) is 5.92 Å². The van der Waals surface area contributed by atoms with Crippen LogP contribution in [0.15, 0.2) is 12.2 Å². The van der Waals surface area contributed by atoms with Gasteiger partial charge in [-0.25, -0.2) is 0 Å². The lowest BCUT2D eigenvalue weighted by molar-refractivity contribution is -0.347. The lowest BCUT2D eigenvalue weighted by atomic mass is 9.91. The van der Waals surface area contributed by atoms with Gasteiger partial charge in [-0.05, 0) is 6.92 Å².